The standard InChI is InChI=1S/C19H20N2O3/c1-14-4-3-8-21(12-14)19(22)18-16(7-9-23-18)13-24-17-6-2-5-15(10-17)11-20/h2,5-7,9-10,14H,3-4,8,12-13H2,1H3/t14-/m1/s1. The first kappa shape index (κ1) is 16.1. The van der Waals surface area contributed by atoms with Gasteiger partial charge in [0.05, 0.1) is 17.9 Å². The summed E-state index contributed by atoms with van der Waals surface area (Å²) in [5.41, 5.74) is 1.26. The fourth-order valence-corrected chi connectivity index (χ4v) is 2.97. The molecule has 0 unspecified atom stereocenters. The van der Waals surface area contributed by atoms with Crippen molar-refractivity contribution in [2.45, 2.75) is 26.4 Å². The Bertz CT molecular complexity index is 760. The summed E-state index contributed by atoms with van der Waals surface area (Å²) in [6.07, 6.45) is 3.71. The molecule has 0 N–H and O–H groups in total. The second-order valence-corrected chi connectivity index (χ2v) is 6.20. The number of carbonyl (C=O) groups is 1. The predicted molar refractivity (Wildman–Crippen MR) is 88.5 cm³/mol. The lowest BCUT2D eigenvalue weighted by molar-refractivity contribution is 0.0647. The Balaban J connectivity index is 1.68. The molecule has 5 nitrogen and oxygen atoms in total. The minimum absolute atomic E-state index is 0.0732. The molecule has 1 atom stereocenters. The van der Waals surface area contributed by atoms with Gasteiger partial charge in [0, 0.05) is 18.7 Å². The number of piperidine rings is 1. The molecule has 24 heavy (non-hydrogen) atoms. The predicted octanol–water partition coefficient (Wildman–Crippen LogP) is 3.60. The van der Waals surface area contributed by atoms with E-state index in [1.54, 1.807) is 30.3 Å². The molecule has 1 saturated heterocycles. The van der Waals surface area contributed by atoms with Crippen LogP contribution in [0.4, 0.5) is 0 Å². The zero-order valence-electron chi connectivity index (χ0n) is 13.7. The summed E-state index contributed by atoms with van der Waals surface area (Å²) in [6, 6.07) is 10.8. The lowest BCUT2D eigenvalue weighted by atomic mass is 10.00. The molecule has 124 valence electrons. The highest BCUT2D eigenvalue weighted by Gasteiger charge is 2.26. The van der Waals surface area contributed by atoms with E-state index < -0.39 is 0 Å². The van der Waals surface area contributed by atoms with Gasteiger partial charge in [0.2, 0.25) is 0 Å². The monoisotopic (exact) mass is 324 g/mol. The summed E-state index contributed by atoms with van der Waals surface area (Å²) >= 11 is 0. The normalized spacial score (nSPS) is 17.3. The molecule has 1 aliphatic heterocycles. The zero-order chi connectivity index (χ0) is 16.9. The first-order valence-corrected chi connectivity index (χ1v) is 8.16. The van der Waals surface area contributed by atoms with Gasteiger partial charge >= 0.3 is 0 Å². The van der Waals surface area contributed by atoms with Crippen molar-refractivity contribution in [1.29, 1.82) is 5.26 Å². The van der Waals surface area contributed by atoms with Gasteiger partial charge in [0.1, 0.15) is 12.4 Å². The Morgan fingerprint density at radius 1 is 1.46 bits per heavy atom. The summed E-state index contributed by atoms with van der Waals surface area (Å²) in [6.45, 7) is 3.93. The highest BCUT2D eigenvalue weighted by molar-refractivity contribution is 5.93. The van der Waals surface area contributed by atoms with Crippen molar-refractivity contribution in [3.05, 3.63) is 53.5 Å². The average Bonchev–Trinajstić information content (AvgIpc) is 3.08. The van der Waals surface area contributed by atoms with E-state index in [4.69, 9.17) is 14.4 Å². The van der Waals surface area contributed by atoms with E-state index >= 15 is 0 Å². The highest BCUT2D eigenvalue weighted by Crippen LogP contribution is 2.22. The van der Waals surface area contributed by atoms with Gasteiger partial charge in [0.15, 0.2) is 5.76 Å². The third kappa shape index (κ3) is 3.60. The number of likely N-dealkylation sites (tertiary alicyclic amines) is 1. The fourth-order valence-electron chi connectivity index (χ4n) is 2.97. The van der Waals surface area contributed by atoms with Crippen molar-refractivity contribution < 1.29 is 13.9 Å². The van der Waals surface area contributed by atoms with Crippen LogP contribution >= 0.6 is 0 Å². The maximum absolute atomic E-state index is 12.7. The summed E-state index contributed by atoms with van der Waals surface area (Å²) in [5, 5.41) is 8.93. The van der Waals surface area contributed by atoms with Gasteiger partial charge in [-0.2, -0.15) is 5.26 Å². The van der Waals surface area contributed by atoms with E-state index in [2.05, 4.69) is 13.0 Å². The third-order valence-electron chi connectivity index (χ3n) is 4.24. The second kappa shape index (κ2) is 7.22. The number of carbonyl (C=O) groups excluding carboxylic acids is 1. The average molecular weight is 324 g/mol. The maximum Gasteiger partial charge on any atom is 0.289 e. The fraction of sp³-hybridized carbons (Fsp3) is 0.368. The van der Waals surface area contributed by atoms with E-state index in [1.807, 2.05) is 4.90 Å². The molecule has 0 bridgehead atoms. The Morgan fingerprint density at radius 2 is 2.33 bits per heavy atom. The van der Waals surface area contributed by atoms with Crippen LogP contribution in [0.1, 0.15) is 41.4 Å². The van der Waals surface area contributed by atoms with Crippen LogP contribution in [0.5, 0.6) is 5.75 Å². The van der Waals surface area contributed by atoms with Crippen molar-refractivity contribution in [3.8, 4) is 11.8 Å². The molecule has 0 saturated carbocycles. The van der Waals surface area contributed by atoms with Crippen LogP contribution in [0.25, 0.3) is 0 Å². The molecule has 1 fully saturated rings. The van der Waals surface area contributed by atoms with Crippen molar-refractivity contribution >= 4 is 5.91 Å². The van der Waals surface area contributed by atoms with Gasteiger partial charge < -0.3 is 14.1 Å². The molecule has 3 rings (SSSR count). The summed E-state index contributed by atoms with van der Waals surface area (Å²) in [4.78, 5) is 14.5. The van der Waals surface area contributed by atoms with Gasteiger partial charge in [-0.25, -0.2) is 0 Å². The van der Waals surface area contributed by atoms with E-state index in [1.165, 1.54) is 6.26 Å². The molecule has 1 aliphatic rings. The van der Waals surface area contributed by atoms with E-state index in [0.29, 0.717) is 23.0 Å². The number of amides is 1. The van der Waals surface area contributed by atoms with Crippen LogP contribution in [-0.4, -0.2) is 23.9 Å². The quantitative estimate of drug-likeness (QED) is 0.862. The van der Waals surface area contributed by atoms with Crippen LogP contribution < -0.4 is 4.74 Å². The van der Waals surface area contributed by atoms with Crippen LogP contribution in [-0.2, 0) is 6.61 Å². The first-order chi connectivity index (χ1) is 11.7. The molecule has 1 amide bonds. The Labute approximate surface area is 141 Å². The summed E-state index contributed by atoms with van der Waals surface area (Å²) in [7, 11) is 0. The number of ether oxygens (including phenoxy) is 1. The van der Waals surface area contributed by atoms with Gasteiger partial charge in [-0.05, 0) is 43.0 Å². The maximum atomic E-state index is 12.7. The van der Waals surface area contributed by atoms with Crippen molar-refractivity contribution in [2.24, 2.45) is 5.92 Å². The molecular weight excluding hydrogens is 304 g/mol. The third-order valence-corrected chi connectivity index (χ3v) is 4.24. The minimum Gasteiger partial charge on any atom is -0.489 e. The van der Waals surface area contributed by atoms with Crippen molar-refractivity contribution in [3.63, 3.8) is 0 Å². The van der Waals surface area contributed by atoms with E-state index in [0.717, 1.165) is 31.5 Å². The Hall–Kier alpha value is -2.74. The van der Waals surface area contributed by atoms with E-state index in [-0.39, 0.29) is 12.5 Å². The van der Waals surface area contributed by atoms with E-state index in [9.17, 15) is 4.79 Å². The van der Waals surface area contributed by atoms with Crippen LogP contribution in [0, 0.1) is 17.2 Å². The zero-order valence-corrected chi connectivity index (χ0v) is 13.7. The van der Waals surface area contributed by atoms with Crippen molar-refractivity contribution in [2.75, 3.05) is 13.1 Å². The second-order valence-electron chi connectivity index (χ2n) is 6.20. The molecule has 5 heteroatoms. The molecule has 1 aromatic heterocycles. The number of benzene rings is 1. The first-order valence-electron chi connectivity index (χ1n) is 8.16. The van der Waals surface area contributed by atoms with Gasteiger partial charge in [-0.3, -0.25) is 4.79 Å². The summed E-state index contributed by atoms with van der Waals surface area (Å²) in [5.74, 6) is 1.39. The SMILES string of the molecule is C[C@@H]1CCCN(C(=O)c2occc2COc2cccc(C#N)c2)C1. The number of furan rings is 1. The molecule has 0 aliphatic carbocycles. The lowest BCUT2D eigenvalue weighted by Crippen LogP contribution is -2.39. The lowest BCUT2D eigenvalue weighted by Gasteiger charge is -2.30. The molecule has 1 aromatic carbocycles. The van der Waals surface area contributed by atoms with Crippen LogP contribution in [0.3, 0.4) is 0 Å². The smallest absolute Gasteiger partial charge is 0.289 e. The van der Waals surface area contributed by atoms with Gasteiger partial charge in [-0.15, -0.1) is 0 Å². The molecule has 2 heterocycles. The molecule has 0 radical (unpaired) electrons. The topological polar surface area (TPSA) is 66.5 Å². The molecular formula is C19H20N2O3. The van der Waals surface area contributed by atoms with Crippen LogP contribution in [0.2, 0.25) is 0 Å². The highest BCUT2D eigenvalue weighted by atomic mass is 16.5. The number of nitriles is 1. The Kier molecular flexibility index (Phi) is 4.85. The molecule has 2 aromatic rings. The van der Waals surface area contributed by atoms with Crippen molar-refractivity contribution in [1.82, 2.24) is 4.90 Å². The largest absolute Gasteiger partial charge is 0.489 e. The summed E-state index contributed by atoms with van der Waals surface area (Å²) < 4.78 is 11.1. The molecule has 0 spiro atoms. The van der Waals surface area contributed by atoms with Crippen LogP contribution in [0.15, 0.2) is 41.0 Å². The minimum atomic E-state index is -0.0732. The van der Waals surface area contributed by atoms with Gasteiger partial charge in [0.25, 0.3) is 5.91 Å². The number of hydrogen-bond acceptors (Lipinski definition) is 4. The Morgan fingerprint density at radius 3 is 3.12 bits per heavy atom. The van der Waals surface area contributed by atoms with Gasteiger partial charge in [-0.1, -0.05) is 13.0 Å². The number of nitrogens with zero attached hydrogens (tertiary/aromatic N) is 2. The number of rotatable bonds is 4. The number of hydrogen-bond donors (Lipinski definition) is 0.